The van der Waals surface area contributed by atoms with Gasteiger partial charge in [-0.1, -0.05) is 17.7 Å². The molecule has 13 heteroatoms. The molecule has 4 aromatic heterocycles. The molecule has 2 unspecified atom stereocenters. The average molecular weight is 628 g/mol. The van der Waals surface area contributed by atoms with Gasteiger partial charge in [-0.05, 0) is 62.6 Å². The van der Waals surface area contributed by atoms with Crippen LogP contribution in [-0.4, -0.2) is 56.4 Å². The predicted octanol–water partition coefficient (Wildman–Crippen LogP) is 5.02. The number of hydrogen-bond donors (Lipinski definition) is 1. The molecule has 0 saturated heterocycles. The molecule has 0 amide bonds. The molecule has 11 nitrogen and oxygen atoms in total. The molecular formula is C32H30FN7O4S. The number of benzene rings is 1. The molecule has 4 heterocycles. The van der Waals surface area contributed by atoms with Gasteiger partial charge in [-0.3, -0.25) is 4.79 Å². The number of rotatable bonds is 7. The molecule has 45 heavy (non-hydrogen) atoms. The van der Waals surface area contributed by atoms with Crippen LogP contribution in [-0.2, 0) is 19.6 Å². The zero-order chi connectivity index (χ0) is 31.3. The summed E-state index contributed by atoms with van der Waals surface area (Å²) in [5.41, 5.74) is 2.27. The summed E-state index contributed by atoms with van der Waals surface area (Å²) in [5, 5.41) is 3.74. The van der Waals surface area contributed by atoms with E-state index >= 15 is 0 Å². The summed E-state index contributed by atoms with van der Waals surface area (Å²) >= 11 is 0. The quantitative estimate of drug-likeness (QED) is 0.244. The molecule has 0 aliphatic heterocycles. The summed E-state index contributed by atoms with van der Waals surface area (Å²) in [6.07, 6.45) is 10.9. The number of halogens is 1. The van der Waals surface area contributed by atoms with Crippen LogP contribution in [0.25, 0.3) is 33.7 Å². The van der Waals surface area contributed by atoms with Crippen molar-refractivity contribution in [3.63, 3.8) is 0 Å². The van der Waals surface area contributed by atoms with Crippen molar-refractivity contribution in [1.82, 2.24) is 28.9 Å². The fourth-order valence-electron chi connectivity index (χ4n) is 6.76. The van der Waals surface area contributed by atoms with Gasteiger partial charge in [0.1, 0.15) is 18.0 Å². The Hall–Kier alpha value is -4.78. The molecule has 5 aromatic rings. The minimum atomic E-state index is -4.11. The highest BCUT2D eigenvalue weighted by Crippen LogP contribution is 2.47. The van der Waals surface area contributed by atoms with Gasteiger partial charge in [0, 0.05) is 47.2 Å². The third-order valence-corrected chi connectivity index (χ3v) is 10.7. The standard InChI is InChI=1S/C32H30FN7O4S/c1-18-3-9-23(10-4-18)45(42,43)40-16-25(24-11-22(33)15-36-31(24)40)30-37-26(21-13-34-17-35-14-21)12-27(39-30)38-29-20-7-5-19(6-8-20)28(29)32(41)44-2/h3-4,9-17,19-20,28-29H,5-8H2,1-2H3,(H,37,38,39). The van der Waals surface area contributed by atoms with Gasteiger partial charge in [0.25, 0.3) is 10.0 Å². The molecule has 2 bridgehead atoms. The zero-order valence-electron chi connectivity index (χ0n) is 24.6. The fraction of sp³-hybridized carbons (Fsp3) is 0.312. The number of esters is 1. The maximum atomic E-state index is 14.6. The number of carbonyl (C=O) groups excluding carboxylic acids is 1. The van der Waals surface area contributed by atoms with Crippen LogP contribution in [0.1, 0.15) is 31.2 Å². The molecule has 3 aliphatic rings. The number of aromatic nitrogens is 6. The van der Waals surface area contributed by atoms with E-state index in [1.54, 1.807) is 30.6 Å². The highest BCUT2D eigenvalue weighted by Gasteiger charge is 2.48. The normalized spacial score (nSPS) is 21.1. The summed E-state index contributed by atoms with van der Waals surface area (Å²) in [7, 11) is -2.71. The van der Waals surface area contributed by atoms with Crippen molar-refractivity contribution in [3.05, 3.63) is 78.9 Å². The second-order valence-electron chi connectivity index (χ2n) is 11.7. The Morgan fingerprint density at radius 2 is 1.71 bits per heavy atom. The van der Waals surface area contributed by atoms with Gasteiger partial charge in [-0.15, -0.1) is 0 Å². The molecule has 1 N–H and O–H groups in total. The number of hydrogen-bond acceptors (Lipinski definition) is 10. The third-order valence-electron chi connectivity index (χ3n) is 8.99. The van der Waals surface area contributed by atoms with Gasteiger partial charge >= 0.3 is 5.97 Å². The topological polar surface area (TPSA) is 142 Å². The van der Waals surface area contributed by atoms with Gasteiger partial charge in [0.2, 0.25) is 0 Å². The number of anilines is 1. The number of nitrogens with one attached hydrogen (secondary N) is 1. The maximum absolute atomic E-state index is 14.6. The summed E-state index contributed by atoms with van der Waals surface area (Å²) in [6, 6.07) is 9.21. The summed E-state index contributed by atoms with van der Waals surface area (Å²) in [4.78, 5) is 35.0. The molecular weight excluding hydrogens is 597 g/mol. The first-order valence-electron chi connectivity index (χ1n) is 14.7. The first-order chi connectivity index (χ1) is 21.7. The Kier molecular flexibility index (Phi) is 7.27. The van der Waals surface area contributed by atoms with Gasteiger partial charge in [0.15, 0.2) is 11.5 Å². The van der Waals surface area contributed by atoms with E-state index in [9.17, 15) is 17.6 Å². The van der Waals surface area contributed by atoms with Crippen molar-refractivity contribution in [2.45, 2.75) is 43.5 Å². The molecule has 3 fully saturated rings. The molecule has 2 atom stereocenters. The van der Waals surface area contributed by atoms with Crippen LogP contribution in [0.5, 0.6) is 0 Å². The Labute approximate surface area is 259 Å². The zero-order valence-corrected chi connectivity index (χ0v) is 25.4. The first-order valence-corrected chi connectivity index (χ1v) is 16.1. The first kappa shape index (κ1) is 29.0. The summed E-state index contributed by atoms with van der Waals surface area (Å²) < 4.78 is 48.5. The van der Waals surface area contributed by atoms with E-state index in [1.165, 1.54) is 37.8 Å². The Morgan fingerprint density at radius 1 is 1.00 bits per heavy atom. The fourth-order valence-corrected chi connectivity index (χ4v) is 8.09. The van der Waals surface area contributed by atoms with Crippen molar-refractivity contribution in [3.8, 4) is 22.6 Å². The lowest BCUT2D eigenvalue weighted by atomic mass is 9.61. The number of ether oxygens (including phenoxy) is 1. The largest absolute Gasteiger partial charge is 0.469 e. The van der Waals surface area contributed by atoms with E-state index in [-0.39, 0.29) is 57.1 Å². The van der Waals surface area contributed by atoms with Crippen molar-refractivity contribution >= 4 is 32.8 Å². The molecule has 3 saturated carbocycles. The molecule has 8 rings (SSSR count). The van der Waals surface area contributed by atoms with E-state index < -0.39 is 15.8 Å². The number of pyridine rings is 1. The molecule has 0 spiro atoms. The van der Waals surface area contributed by atoms with Gasteiger partial charge in [-0.25, -0.2) is 41.7 Å². The minimum absolute atomic E-state index is 0.0360. The van der Waals surface area contributed by atoms with E-state index in [1.807, 2.05) is 6.92 Å². The number of carbonyl (C=O) groups is 1. The predicted molar refractivity (Wildman–Crippen MR) is 164 cm³/mol. The van der Waals surface area contributed by atoms with Crippen LogP contribution in [0.15, 0.2) is 72.4 Å². The Morgan fingerprint density at radius 3 is 2.42 bits per heavy atom. The third kappa shape index (κ3) is 5.20. The van der Waals surface area contributed by atoms with Crippen LogP contribution in [0.2, 0.25) is 0 Å². The van der Waals surface area contributed by atoms with E-state index in [2.05, 4.69) is 20.3 Å². The molecule has 230 valence electrons. The van der Waals surface area contributed by atoms with Crippen molar-refractivity contribution in [2.75, 3.05) is 12.4 Å². The number of fused-ring (bicyclic) bond motifs is 4. The smallest absolute Gasteiger partial charge is 0.311 e. The summed E-state index contributed by atoms with van der Waals surface area (Å²) in [5.74, 6) is -0.188. The maximum Gasteiger partial charge on any atom is 0.311 e. The molecule has 0 radical (unpaired) electrons. The Balaban J connectivity index is 1.39. The number of methoxy groups -OCH3 is 1. The second kappa shape index (κ2) is 11.3. The van der Waals surface area contributed by atoms with Crippen LogP contribution in [0.4, 0.5) is 10.2 Å². The number of nitrogens with zero attached hydrogens (tertiary/aromatic N) is 6. The van der Waals surface area contributed by atoms with Crippen molar-refractivity contribution in [2.24, 2.45) is 17.8 Å². The highest BCUT2D eigenvalue weighted by atomic mass is 32.2. The van der Waals surface area contributed by atoms with Gasteiger partial charge in [0.05, 0.1) is 29.8 Å². The van der Waals surface area contributed by atoms with Crippen LogP contribution in [0.3, 0.4) is 0 Å². The lowest BCUT2D eigenvalue weighted by molar-refractivity contribution is -0.152. The minimum Gasteiger partial charge on any atom is -0.469 e. The van der Waals surface area contributed by atoms with Gasteiger partial charge in [-0.2, -0.15) is 0 Å². The van der Waals surface area contributed by atoms with E-state index in [0.717, 1.165) is 41.4 Å². The van der Waals surface area contributed by atoms with Gasteiger partial charge < -0.3 is 10.1 Å². The molecule has 1 aromatic carbocycles. The van der Waals surface area contributed by atoms with Crippen molar-refractivity contribution < 1.29 is 22.3 Å². The highest BCUT2D eigenvalue weighted by molar-refractivity contribution is 7.90. The van der Waals surface area contributed by atoms with E-state index in [4.69, 9.17) is 14.7 Å². The summed E-state index contributed by atoms with van der Waals surface area (Å²) in [6.45, 7) is 1.86. The second-order valence-corrected chi connectivity index (χ2v) is 13.5. The van der Waals surface area contributed by atoms with Crippen molar-refractivity contribution in [1.29, 1.82) is 0 Å². The molecule has 3 aliphatic carbocycles. The monoisotopic (exact) mass is 627 g/mol. The Bertz CT molecular complexity index is 2010. The van der Waals surface area contributed by atoms with Crippen LogP contribution in [0, 0.1) is 30.5 Å². The number of aryl methyl sites for hydroxylation is 1. The van der Waals surface area contributed by atoms with Crippen LogP contribution < -0.4 is 5.32 Å². The lowest BCUT2D eigenvalue weighted by Crippen LogP contribution is -2.51. The van der Waals surface area contributed by atoms with Crippen LogP contribution >= 0.6 is 0 Å². The lowest BCUT2D eigenvalue weighted by Gasteiger charge is -2.47. The SMILES string of the molecule is COC(=O)C1C2CCC(CC2)C1Nc1cc(-c2cncnc2)nc(-c2cn(S(=O)(=O)c3ccc(C)cc3)c3ncc(F)cc23)n1. The average Bonchev–Trinajstić information content (AvgIpc) is 3.45. The van der Waals surface area contributed by atoms with E-state index in [0.29, 0.717) is 17.1 Å².